The van der Waals surface area contributed by atoms with E-state index >= 15 is 0 Å². The van der Waals surface area contributed by atoms with Crippen LogP contribution >= 0.6 is 26.8 Å². The first-order valence-electron chi connectivity index (χ1n) is 6.95. The summed E-state index contributed by atoms with van der Waals surface area (Å²) in [4.78, 5) is 0. The van der Waals surface area contributed by atoms with E-state index in [1.54, 1.807) is 0 Å². The molecule has 20 heavy (non-hydrogen) atoms. The molecule has 0 spiro atoms. The standard InChI is InChI=1S/C12H25O4.3ClH.Sn/c1-5-13-11-9-10-12(14-6-2,15-7-3)16-8-4;;;;/h11H,5-10H2,1-4H3;3*1H;/q;;;;+3/p-3. The van der Waals surface area contributed by atoms with Crippen molar-refractivity contribution in [2.75, 3.05) is 26.4 Å². The van der Waals surface area contributed by atoms with Gasteiger partial charge >= 0.3 is 138 Å². The molecule has 0 aliphatic rings. The van der Waals surface area contributed by atoms with Gasteiger partial charge in [0.15, 0.2) is 0 Å². The average Bonchev–Trinajstić information content (AvgIpc) is 2.34. The third-order valence-corrected chi connectivity index (χ3v) is 10.8. The Hall–Kier alpha value is 1.51. The fraction of sp³-hybridized carbons (Fsp3) is 1.00. The van der Waals surface area contributed by atoms with Crippen molar-refractivity contribution in [1.29, 1.82) is 0 Å². The van der Waals surface area contributed by atoms with E-state index in [0.29, 0.717) is 39.3 Å². The average molecular weight is 458 g/mol. The Morgan fingerprint density at radius 3 is 1.60 bits per heavy atom. The Kier molecular flexibility index (Phi) is 11.9. The maximum absolute atomic E-state index is 6.13. The van der Waals surface area contributed by atoms with E-state index in [9.17, 15) is 0 Å². The zero-order valence-electron chi connectivity index (χ0n) is 12.6. The molecular formula is C12H25Cl3O4Sn. The van der Waals surface area contributed by atoms with E-state index in [2.05, 4.69) is 0 Å². The SMILES string of the molecule is CCO[CH](CCC(OCC)(OCC)OCC)[Sn]([Cl])([Cl])[Cl]. The molecule has 0 radical (unpaired) electrons. The third kappa shape index (κ3) is 8.22. The van der Waals surface area contributed by atoms with Gasteiger partial charge in [-0.25, -0.2) is 0 Å². The Morgan fingerprint density at radius 1 is 0.850 bits per heavy atom. The number of halogens is 3. The second kappa shape index (κ2) is 11.1. The van der Waals surface area contributed by atoms with Crippen LogP contribution in [0.1, 0.15) is 40.5 Å². The van der Waals surface area contributed by atoms with Gasteiger partial charge in [-0.2, -0.15) is 0 Å². The van der Waals surface area contributed by atoms with Gasteiger partial charge in [0, 0.05) is 0 Å². The molecule has 0 aromatic carbocycles. The van der Waals surface area contributed by atoms with Crippen molar-refractivity contribution >= 4 is 41.8 Å². The van der Waals surface area contributed by atoms with Crippen LogP contribution in [0, 0.1) is 0 Å². The second-order valence-electron chi connectivity index (χ2n) is 4.01. The molecule has 0 N–H and O–H groups in total. The zero-order chi connectivity index (χ0) is 15.6. The molecule has 0 saturated carbocycles. The summed E-state index contributed by atoms with van der Waals surface area (Å²) >= 11 is -3.69. The molecule has 0 aromatic heterocycles. The van der Waals surface area contributed by atoms with Gasteiger partial charge < -0.3 is 0 Å². The number of rotatable bonds is 12. The van der Waals surface area contributed by atoms with Gasteiger partial charge in [-0.05, 0) is 0 Å². The molecule has 0 aliphatic carbocycles. The fourth-order valence-electron chi connectivity index (χ4n) is 1.85. The van der Waals surface area contributed by atoms with Crippen molar-refractivity contribution in [2.24, 2.45) is 0 Å². The van der Waals surface area contributed by atoms with Crippen LogP contribution in [0.15, 0.2) is 0 Å². The number of hydrogen-bond acceptors (Lipinski definition) is 4. The van der Waals surface area contributed by atoms with Crippen LogP contribution in [-0.4, -0.2) is 51.5 Å². The summed E-state index contributed by atoms with van der Waals surface area (Å²) in [5.74, 6) is -1.07. The van der Waals surface area contributed by atoms with E-state index < -0.39 is 21.0 Å². The van der Waals surface area contributed by atoms with E-state index in [1.807, 2.05) is 27.7 Å². The van der Waals surface area contributed by atoms with Gasteiger partial charge in [0.05, 0.1) is 0 Å². The van der Waals surface area contributed by atoms with Crippen molar-refractivity contribution in [1.82, 2.24) is 0 Å². The molecule has 0 aromatic rings. The van der Waals surface area contributed by atoms with Crippen LogP contribution in [0.4, 0.5) is 0 Å². The van der Waals surface area contributed by atoms with Crippen molar-refractivity contribution in [3.8, 4) is 0 Å². The summed E-state index contributed by atoms with van der Waals surface area (Å²) in [7, 11) is 18.4. The quantitative estimate of drug-likeness (QED) is 0.326. The molecule has 1 atom stereocenters. The Balaban J connectivity index is 4.77. The molecule has 0 rings (SSSR count). The zero-order valence-corrected chi connectivity index (χ0v) is 17.7. The van der Waals surface area contributed by atoms with Crippen LogP contribution in [0.5, 0.6) is 0 Å². The summed E-state index contributed by atoms with van der Waals surface area (Å²) in [6.07, 6.45) is 1.01. The van der Waals surface area contributed by atoms with Crippen LogP contribution in [0.25, 0.3) is 0 Å². The molecule has 0 heterocycles. The van der Waals surface area contributed by atoms with Crippen molar-refractivity contribution in [3.05, 3.63) is 0 Å². The van der Waals surface area contributed by atoms with Crippen molar-refractivity contribution < 1.29 is 18.9 Å². The fourth-order valence-corrected chi connectivity index (χ4v) is 7.68. The third-order valence-electron chi connectivity index (χ3n) is 2.54. The van der Waals surface area contributed by atoms with Crippen LogP contribution in [0.2, 0.25) is 0 Å². The summed E-state index contributed by atoms with van der Waals surface area (Å²) < 4.78 is 22.2. The topological polar surface area (TPSA) is 36.9 Å². The Labute approximate surface area is 137 Å². The van der Waals surface area contributed by atoms with Crippen LogP contribution in [-0.2, 0) is 18.9 Å². The second-order valence-corrected chi connectivity index (χ2v) is 24.8. The normalized spacial score (nSPS) is 14.6. The molecular weight excluding hydrogens is 433 g/mol. The summed E-state index contributed by atoms with van der Waals surface area (Å²) in [5.41, 5.74) is 0. The summed E-state index contributed by atoms with van der Waals surface area (Å²) in [6, 6.07) is 0. The van der Waals surface area contributed by atoms with Gasteiger partial charge in [-0.3, -0.25) is 0 Å². The molecule has 0 fully saturated rings. The minimum atomic E-state index is -3.69. The van der Waals surface area contributed by atoms with E-state index in [4.69, 9.17) is 45.7 Å². The van der Waals surface area contributed by atoms with Gasteiger partial charge in [0.25, 0.3) is 0 Å². The van der Waals surface area contributed by atoms with Gasteiger partial charge in [-0.15, -0.1) is 0 Å². The van der Waals surface area contributed by atoms with Crippen molar-refractivity contribution in [3.63, 3.8) is 0 Å². The molecule has 122 valence electrons. The number of ether oxygens (including phenoxy) is 4. The first-order chi connectivity index (χ1) is 9.35. The molecule has 8 heteroatoms. The number of hydrogen-bond donors (Lipinski definition) is 0. The van der Waals surface area contributed by atoms with Gasteiger partial charge in [0.2, 0.25) is 0 Å². The maximum atomic E-state index is 6.13. The summed E-state index contributed by atoms with van der Waals surface area (Å²) in [5, 5.41) is 0. The predicted octanol–water partition coefficient (Wildman–Crippen LogP) is 4.13. The minimum absolute atomic E-state index is 0.333. The van der Waals surface area contributed by atoms with E-state index in [0.717, 1.165) is 0 Å². The van der Waals surface area contributed by atoms with Gasteiger partial charge in [-0.1, -0.05) is 0 Å². The van der Waals surface area contributed by atoms with Crippen LogP contribution in [0.3, 0.4) is 0 Å². The monoisotopic (exact) mass is 458 g/mol. The Morgan fingerprint density at radius 2 is 1.30 bits per heavy atom. The molecule has 0 aliphatic heterocycles. The van der Waals surface area contributed by atoms with E-state index in [1.165, 1.54) is 0 Å². The predicted molar refractivity (Wildman–Crippen MR) is 85.6 cm³/mol. The summed E-state index contributed by atoms with van der Waals surface area (Å²) in [6.45, 7) is 9.52. The first kappa shape index (κ1) is 21.5. The molecule has 0 bridgehead atoms. The van der Waals surface area contributed by atoms with Crippen molar-refractivity contribution in [2.45, 2.75) is 50.6 Å². The molecule has 0 amide bonds. The van der Waals surface area contributed by atoms with E-state index in [-0.39, 0.29) is 4.12 Å². The molecule has 1 unspecified atom stereocenters. The first-order valence-corrected chi connectivity index (χ1v) is 19.4. The Bertz CT molecular complexity index is 234. The molecule has 4 nitrogen and oxygen atoms in total. The van der Waals surface area contributed by atoms with Gasteiger partial charge in [0.1, 0.15) is 0 Å². The molecule has 0 saturated heterocycles. The van der Waals surface area contributed by atoms with Crippen LogP contribution < -0.4 is 0 Å².